The van der Waals surface area contributed by atoms with Gasteiger partial charge in [0.2, 0.25) is 0 Å². The molecule has 5 heteroatoms. The predicted octanol–water partition coefficient (Wildman–Crippen LogP) is 5.00. The monoisotopic (exact) mass is 476 g/mol. The summed E-state index contributed by atoms with van der Waals surface area (Å²) in [4.78, 5) is 11.4. The van der Waals surface area contributed by atoms with Crippen LogP contribution in [0.4, 0.5) is 0 Å². The molecule has 3 N–H and O–H groups in total. The smallest absolute Gasteiger partial charge is 0.300 e. The van der Waals surface area contributed by atoms with E-state index in [1.807, 2.05) is 6.07 Å². The Bertz CT molecular complexity index is 904. The molecule has 0 fully saturated rings. The molecule has 0 bridgehead atoms. The fourth-order valence-electron chi connectivity index (χ4n) is 3.95. The SMILES string of the molecule is CC(=O)O.CC(C)CNCC(O)C(Cc1ccccc1)N(Cc1ccccc1)Cc1ccccc1. The minimum absolute atomic E-state index is 0.00229. The zero-order valence-electron chi connectivity index (χ0n) is 21.2. The second-order valence-corrected chi connectivity index (χ2v) is 9.27. The van der Waals surface area contributed by atoms with Crippen LogP contribution in [0.1, 0.15) is 37.5 Å². The van der Waals surface area contributed by atoms with Crippen molar-refractivity contribution in [3.63, 3.8) is 0 Å². The van der Waals surface area contributed by atoms with E-state index in [0.29, 0.717) is 12.5 Å². The third-order valence-corrected chi connectivity index (χ3v) is 5.56. The van der Waals surface area contributed by atoms with E-state index < -0.39 is 12.1 Å². The molecule has 0 amide bonds. The van der Waals surface area contributed by atoms with Gasteiger partial charge in [-0.3, -0.25) is 9.69 Å². The standard InChI is InChI=1S/C28H36N2O.C2H4O2/c1-23(2)19-29-20-28(31)27(18-24-12-6-3-7-13-24)30(21-25-14-8-4-9-15-25)22-26-16-10-5-11-17-26;1-2(3)4/h3-17,23,27-29,31H,18-22H2,1-2H3;1H3,(H,3,4). The van der Waals surface area contributed by atoms with Gasteiger partial charge in [-0.25, -0.2) is 0 Å². The zero-order chi connectivity index (χ0) is 25.5. The molecule has 0 heterocycles. The average Bonchev–Trinajstić information content (AvgIpc) is 2.83. The van der Waals surface area contributed by atoms with E-state index in [1.54, 1.807) is 0 Å². The molecule has 0 saturated heterocycles. The molecule has 0 spiro atoms. The molecule has 0 aromatic heterocycles. The Labute approximate surface area is 210 Å². The molecule has 0 aliphatic carbocycles. The van der Waals surface area contributed by atoms with E-state index in [0.717, 1.165) is 33.0 Å². The number of carboxylic acid groups (broad SMARTS) is 1. The number of aliphatic hydroxyl groups is 1. The molecular formula is C30H40N2O3. The molecule has 2 atom stereocenters. The lowest BCUT2D eigenvalue weighted by Crippen LogP contribution is -2.48. The van der Waals surface area contributed by atoms with Crippen molar-refractivity contribution in [2.75, 3.05) is 13.1 Å². The number of rotatable bonds is 12. The number of carboxylic acids is 1. The molecule has 35 heavy (non-hydrogen) atoms. The zero-order valence-corrected chi connectivity index (χ0v) is 21.2. The second kappa shape index (κ2) is 15.8. The molecule has 3 aromatic rings. The van der Waals surface area contributed by atoms with Gasteiger partial charge in [-0.1, -0.05) is 105 Å². The Hall–Kier alpha value is -2.99. The van der Waals surface area contributed by atoms with Crippen molar-refractivity contribution in [1.29, 1.82) is 0 Å². The van der Waals surface area contributed by atoms with Crippen molar-refractivity contribution in [3.8, 4) is 0 Å². The minimum atomic E-state index is -0.833. The summed E-state index contributed by atoms with van der Waals surface area (Å²) in [7, 11) is 0. The number of hydrogen-bond donors (Lipinski definition) is 3. The summed E-state index contributed by atoms with van der Waals surface area (Å²) >= 11 is 0. The molecule has 188 valence electrons. The maximum Gasteiger partial charge on any atom is 0.300 e. The van der Waals surface area contributed by atoms with Crippen LogP contribution in [-0.2, 0) is 24.3 Å². The number of carbonyl (C=O) groups is 1. The number of benzene rings is 3. The van der Waals surface area contributed by atoms with E-state index in [9.17, 15) is 5.11 Å². The highest BCUT2D eigenvalue weighted by Crippen LogP contribution is 2.19. The van der Waals surface area contributed by atoms with E-state index in [2.05, 4.69) is 109 Å². The van der Waals surface area contributed by atoms with Crippen molar-refractivity contribution < 1.29 is 15.0 Å². The Kier molecular flexibility index (Phi) is 12.8. The lowest BCUT2D eigenvalue weighted by Gasteiger charge is -2.36. The molecule has 0 aliphatic rings. The van der Waals surface area contributed by atoms with Crippen LogP contribution in [0, 0.1) is 5.92 Å². The van der Waals surface area contributed by atoms with Crippen LogP contribution in [0.3, 0.4) is 0 Å². The van der Waals surface area contributed by atoms with Crippen LogP contribution < -0.4 is 5.32 Å². The fraction of sp³-hybridized carbons (Fsp3) is 0.367. The highest BCUT2D eigenvalue weighted by molar-refractivity contribution is 5.62. The fourth-order valence-corrected chi connectivity index (χ4v) is 3.95. The van der Waals surface area contributed by atoms with Gasteiger partial charge in [-0.2, -0.15) is 0 Å². The maximum absolute atomic E-state index is 11.3. The van der Waals surface area contributed by atoms with Crippen LogP contribution in [0.15, 0.2) is 91.0 Å². The van der Waals surface area contributed by atoms with Crippen LogP contribution in [-0.4, -0.2) is 46.3 Å². The van der Waals surface area contributed by atoms with Gasteiger partial charge in [0.25, 0.3) is 5.97 Å². The number of nitrogens with zero attached hydrogens (tertiary/aromatic N) is 1. The molecular weight excluding hydrogens is 436 g/mol. The molecule has 0 aliphatic heterocycles. The maximum atomic E-state index is 11.3. The van der Waals surface area contributed by atoms with E-state index in [1.165, 1.54) is 16.7 Å². The van der Waals surface area contributed by atoms with E-state index in [-0.39, 0.29) is 6.04 Å². The Balaban J connectivity index is 0.00000100. The van der Waals surface area contributed by atoms with Crippen molar-refractivity contribution in [2.45, 2.75) is 52.4 Å². The summed E-state index contributed by atoms with van der Waals surface area (Å²) in [6, 6.07) is 31.6. The third-order valence-electron chi connectivity index (χ3n) is 5.56. The summed E-state index contributed by atoms with van der Waals surface area (Å²) in [5, 5.41) is 22.2. The summed E-state index contributed by atoms with van der Waals surface area (Å²) in [6.45, 7) is 8.57. The van der Waals surface area contributed by atoms with E-state index >= 15 is 0 Å². The van der Waals surface area contributed by atoms with Gasteiger partial charge in [-0.05, 0) is 35.6 Å². The highest BCUT2D eigenvalue weighted by atomic mass is 16.4. The largest absolute Gasteiger partial charge is 0.481 e. The molecule has 0 saturated carbocycles. The first-order valence-electron chi connectivity index (χ1n) is 12.3. The van der Waals surface area contributed by atoms with Crippen molar-refractivity contribution >= 4 is 5.97 Å². The highest BCUT2D eigenvalue weighted by Gasteiger charge is 2.27. The first-order chi connectivity index (χ1) is 16.8. The van der Waals surface area contributed by atoms with Gasteiger partial charge in [0, 0.05) is 32.6 Å². The van der Waals surface area contributed by atoms with E-state index in [4.69, 9.17) is 9.90 Å². The topological polar surface area (TPSA) is 72.8 Å². The van der Waals surface area contributed by atoms with Gasteiger partial charge >= 0.3 is 0 Å². The average molecular weight is 477 g/mol. The van der Waals surface area contributed by atoms with Crippen LogP contribution in [0.2, 0.25) is 0 Å². The summed E-state index contributed by atoms with van der Waals surface area (Å²) in [5.74, 6) is -0.274. The van der Waals surface area contributed by atoms with Gasteiger partial charge in [0.1, 0.15) is 0 Å². The van der Waals surface area contributed by atoms with Crippen molar-refractivity contribution in [3.05, 3.63) is 108 Å². The van der Waals surface area contributed by atoms with Gasteiger partial charge in [0.15, 0.2) is 0 Å². The third kappa shape index (κ3) is 11.8. The van der Waals surface area contributed by atoms with Gasteiger partial charge in [0.05, 0.1) is 6.10 Å². The van der Waals surface area contributed by atoms with Crippen molar-refractivity contribution in [1.82, 2.24) is 10.2 Å². The number of aliphatic carboxylic acids is 1. The quantitative estimate of drug-likeness (QED) is 0.343. The number of hydrogen-bond acceptors (Lipinski definition) is 4. The Morgan fingerprint density at radius 3 is 1.57 bits per heavy atom. The first kappa shape index (κ1) is 28.2. The normalized spacial score (nSPS) is 12.6. The minimum Gasteiger partial charge on any atom is -0.481 e. The Morgan fingerprint density at radius 1 is 0.771 bits per heavy atom. The lowest BCUT2D eigenvalue weighted by molar-refractivity contribution is -0.134. The van der Waals surface area contributed by atoms with Gasteiger partial charge in [-0.15, -0.1) is 0 Å². The molecule has 3 aromatic carbocycles. The van der Waals surface area contributed by atoms with Crippen LogP contribution in [0.5, 0.6) is 0 Å². The molecule has 0 radical (unpaired) electrons. The predicted molar refractivity (Wildman–Crippen MR) is 143 cm³/mol. The van der Waals surface area contributed by atoms with Gasteiger partial charge < -0.3 is 15.5 Å². The number of aliphatic hydroxyl groups excluding tert-OH is 1. The molecule has 3 rings (SSSR count). The second-order valence-electron chi connectivity index (χ2n) is 9.27. The molecule has 2 unspecified atom stereocenters. The van der Waals surface area contributed by atoms with Crippen LogP contribution in [0.25, 0.3) is 0 Å². The number of nitrogens with one attached hydrogen (secondary N) is 1. The lowest BCUT2D eigenvalue weighted by atomic mass is 9.97. The Morgan fingerprint density at radius 2 is 1.17 bits per heavy atom. The summed E-state index contributed by atoms with van der Waals surface area (Å²) in [6.07, 6.45) is 0.344. The molecule has 5 nitrogen and oxygen atoms in total. The van der Waals surface area contributed by atoms with Crippen molar-refractivity contribution in [2.24, 2.45) is 5.92 Å². The summed E-state index contributed by atoms with van der Waals surface area (Å²) < 4.78 is 0. The van der Waals surface area contributed by atoms with Crippen LogP contribution >= 0.6 is 0 Å². The first-order valence-corrected chi connectivity index (χ1v) is 12.3. The summed E-state index contributed by atoms with van der Waals surface area (Å²) in [5.41, 5.74) is 3.78.